The Bertz CT molecular complexity index is 516. The third-order valence-corrected chi connectivity index (χ3v) is 3.20. The summed E-state index contributed by atoms with van der Waals surface area (Å²) < 4.78 is 0.851. The first-order chi connectivity index (χ1) is 8.70. The van der Waals surface area contributed by atoms with Crippen LogP contribution < -0.4 is 10.6 Å². The normalized spacial score (nSPS) is 11.9. The maximum Gasteiger partial charge on any atom is 0.224 e. The first kappa shape index (κ1) is 12.8. The molecule has 1 aromatic carbocycles. The van der Waals surface area contributed by atoms with Gasteiger partial charge < -0.3 is 10.6 Å². The van der Waals surface area contributed by atoms with Gasteiger partial charge in [-0.1, -0.05) is 30.3 Å². The zero-order valence-corrected chi connectivity index (χ0v) is 11.9. The van der Waals surface area contributed by atoms with Gasteiger partial charge >= 0.3 is 0 Å². The quantitative estimate of drug-likeness (QED) is 0.908. The summed E-state index contributed by atoms with van der Waals surface area (Å²) in [7, 11) is 1.80. The second kappa shape index (κ2) is 5.82. The summed E-state index contributed by atoms with van der Waals surface area (Å²) in [5.41, 5.74) is 1.22. The lowest BCUT2D eigenvalue weighted by Crippen LogP contribution is -2.09. The molecule has 1 unspecified atom stereocenters. The summed E-state index contributed by atoms with van der Waals surface area (Å²) in [5, 5.41) is 6.29. The van der Waals surface area contributed by atoms with Crippen molar-refractivity contribution < 1.29 is 0 Å². The van der Waals surface area contributed by atoms with Crippen LogP contribution in [0.1, 0.15) is 18.5 Å². The lowest BCUT2D eigenvalue weighted by molar-refractivity contribution is 0.870. The fourth-order valence-electron chi connectivity index (χ4n) is 1.62. The molecule has 0 aliphatic carbocycles. The minimum absolute atomic E-state index is 0.183. The molecule has 0 amide bonds. The standard InChI is InChI=1S/C13H15BrN4/c1-9(10-6-4-3-5-7-10)17-12-11(14)8-16-13(15-2)18-12/h3-9H,1-2H3,(H2,15,16,17,18). The van der Waals surface area contributed by atoms with Crippen LogP contribution in [-0.2, 0) is 0 Å². The third kappa shape index (κ3) is 2.98. The van der Waals surface area contributed by atoms with Crippen molar-refractivity contribution in [2.24, 2.45) is 0 Å². The van der Waals surface area contributed by atoms with Crippen molar-refractivity contribution in [2.45, 2.75) is 13.0 Å². The van der Waals surface area contributed by atoms with Crippen LogP contribution in [0.3, 0.4) is 0 Å². The minimum atomic E-state index is 0.183. The maximum absolute atomic E-state index is 4.38. The minimum Gasteiger partial charge on any atom is -0.362 e. The highest BCUT2D eigenvalue weighted by Gasteiger charge is 2.09. The van der Waals surface area contributed by atoms with E-state index in [1.54, 1.807) is 13.2 Å². The van der Waals surface area contributed by atoms with Crippen LogP contribution in [0.25, 0.3) is 0 Å². The zero-order valence-electron chi connectivity index (χ0n) is 10.3. The van der Waals surface area contributed by atoms with Gasteiger partial charge in [0.2, 0.25) is 5.95 Å². The average molecular weight is 307 g/mol. The van der Waals surface area contributed by atoms with Gasteiger partial charge in [0.05, 0.1) is 4.47 Å². The van der Waals surface area contributed by atoms with Crippen molar-refractivity contribution >= 4 is 27.7 Å². The first-order valence-corrected chi connectivity index (χ1v) is 6.52. The molecule has 1 atom stereocenters. The number of hydrogen-bond acceptors (Lipinski definition) is 4. The molecule has 2 aromatic rings. The maximum atomic E-state index is 4.38. The second-order valence-corrected chi connectivity index (χ2v) is 4.77. The Labute approximate surface area is 115 Å². The van der Waals surface area contributed by atoms with Crippen molar-refractivity contribution in [1.29, 1.82) is 0 Å². The molecular weight excluding hydrogens is 292 g/mol. The van der Waals surface area contributed by atoms with Gasteiger partial charge in [0.1, 0.15) is 5.82 Å². The molecule has 0 aliphatic heterocycles. The molecule has 1 aromatic heterocycles. The van der Waals surface area contributed by atoms with Gasteiger partial charge in [-0.25, -0.2) is 4.98 Å². The fourth-order valence-corrected chi connectivity index (χ4v) is 1.92. The Hall–Kier alpha value is -1.62. The Balaban J connectivity index is 2.18. The van der Waals surface area contributed by atoms with Gasteiger partial charge in [-0.15, -0.1) is 0 Å². The van der Waals surface area contributed by atoms with Gasteiger partial charge in [-0.2, -0.15) is 4.98 Å². The first-order valence-electron chi connectivity index (χ1n) is 5.72. The largest absolute Gasteiger partial charge is 0.362 e. The van der Waals surface area contributed by atoms with Gasteiger partial charge in [0, 0.05) is 19.3 Å². The van der Waals surface area contributed by atoms with Crippen molar-refractivity contribution in [1.82, 2.24) is 9.97 Å². The lowest BCUT2D eigenvalue weighted by atomic mass is 10.1. The molecule has 0 fully saturated rings. The Morgan fingerprint density at radius 3 is 2.61 bits per heavy atom. The summed E-state index contributed by atoms with van der Waals surface area (Å²) in [5.74, 6) is 1.38. The predicted octanol–water partition coefficient (Wildman–Crippen LogP) is 3.45. The zero-order chi connectivity index (χ0) is 13.0. The van der Waals surface area contributed by atoms with Crippen LogP contribution in [0.15, 0.2) is 41.0 Å². The van der Waals surface area contributed by atoms with Crippen molar-refractivity contribution in [3.63, 3.8) is 0 Å². The number of aromatic nitrogens is 2. The molecule has 2 rings (SSSR count). The fraction of sp³-hybridized carbons (Fsp3) is 0.231. The SMILES string of the molecule is CNc1ncc(Br)c(NC(C)c2ccccc2)n1. The molecule has 18 heavy (non-hydrogen) atoms. The highest BCUT2D eigenvalue weighted by molar-refractivity contribution is 9.10. The molecule has 94 valence electrons. The van der Waals surface area contributed by atoms with Crippen molar-refractivity contribution in [2.75, 3.05) is 17.7 Å². The molecule has 0 bridgehead atoms. The van der Waals surface area contributed by atoms with Gasteiger partial charge in [0.15, 0.2) is 0 Å². The van der Waals surface area contributed by atoms with Gasteiger partial charge in [-0.3, -0.25) is 0 Å². The summed E-state index contributed by atoms with van der Waals surface area (Å²) in [4.78, 5) is 8.50. The lowest BCUT2D eigenvalue weighted by Gasteiger charge is -2.16. The summed E-state index contributed by atoms with van der Waals surface area (Å²) in [6, 6.07) is 10.4. The van der Waals surface area contributed by atoms with E-state index in [4.69, 9.17) is 0 Å². The van der Waals surface area contributed by atoms with Crippen LogP contribution in [0.5, 0.6) is 0 Å². The van der Waals surface area contributed by atoms with Crippen LogP contribution in [-0.4, -0.2) is 17.0 Å². The van der Waals surface area contributed by atoms with E-state index in [-0.39, 0.29) is 6.04 Å². The van der Waals surface area contributed by atoms with E-state index in [0.717, 1.165) is 10.3 Å². The topological polar surface area (TPSA) is 49.8 Å². The number of nitrogens with zero attached hydrogens (tertiary/aromatic N) is 2. The van der Waals surface area contributed by atoms with Gasteiger partial charge in [-0.05, 0) is 28.4 Å². The highest BCUT2D eigenvalue weighted by Crippen LogP contribution is 2.24. The molecule has 0 radical (unpaired) electrons. The highest BCUT2D eigenvalue weighted by atomic mass is 79.9. The molecule has 4 nitrogen and oxygen atoms in total. The van der Waals surface area contributed by atoms with E-state index in [2.05, 4.69) is 55.6 Å². The molecule has 0 saturated heterocycles. The predicted molar refractivity (Wildman–Crippen MR) is 77.8 cm³/mol. The molecular formula is C13H15BrN4. The Morgan fingerprint density at radius 2 is 1.94 bits per heavy atom. The summed E-state index contributed by atoms with van der Waals surface area (Å²) in [6.45, 7) is 2.10. The van der Waals surface area contributed by atoms with Crippen LogP contribution in [0.4, 0.5) is 11.8 Å². The number of rotatable bonds is 4. The summed E-state index contributed by atoms with van der Waals surface area (Å²) in [6.07, 6.45) is 1.74. The van der Waals surface area contributed by atoms with E-state index in [1.807, 2.05) is 18.2 Å². The molecule has 0 aliphatic rings. The summed E-state index contributed by atoms with van der Waals surface area (Å²) >= 11 is 3.45. The van der Waals surface area contributed by atoms with Crippen LogP contribution >= 0.6 is 15.9 Å². The number of anilines is 2. The van der Waals surface area contributed by atoms with E-state index in [1.165, 1.54) is 5.56 Å². The van der Waals surface area contributed by atoms with E-state index >= 15 is 0 Å². The molecule has 5 heteroatoms. The van der Waals surface area contributed by atoms with E-state index < -0.39 is 0 Å². The molecule has 1 heterocycles. The van der Waals surface area contributed by atoms with Crippen molar-refractivity contribution in [3.05, 3.63) is 46.6 Å². The third-order valence-electron chi connectivity index (χ3n) is 2.62. The molecule has 2 N–H and O–H groups in total. The molecule has 0 spiro atoms. The van der Waals surface area contributed by atoms with E-state index in [0.29, 0.717) is 5.95 Å². The van der Waals surface area contributed by atoms with Crippen molar-refractivity contribution in [3.8, 4) is 0 Å². The number of hydrogen-bond donors (Lipinski definition) is 2. The average Bonchev–Trinajstić information content (AvgIpc) is 2.42. The smallest absolute Gasteiger partial charge is 0.224 e. The van der Waals surface area contributed by atoms with Crippen LogP contribution in [0, 0.1) is 0 Å². The Morgan fingerprint density at radius 1 is 1.22 bits per heavy atom. The number of halogens is 1. The van der Waals surface area contributed by atoms with Gasteiger partial charge in [0.25, 0.3) is 0 Å². The van der Waals surface area contributed by atoms with E-state index in [9.17, 15) is 0 Å². The Kier molecular flexibility index (Phi) is 4.15. The number of benzene rings is 1. The van der Waals surface area contributed by atoms with Crippen LogP contribution in [0.2, 0.25) is 0 Å². The number of nitrogens with one attached hydrogen (secondary N) is 2. The monoisotopic (exact) mass is 306 g/mol. The molecule has 0 saturated carbocycles. The second-order valence-electron chi connectivity index (χ2n) is 3.92.